The Balaban J connectivity index is 2.61. The number of aliphatic imine (C=N–C) groups is 1. The van der Waals surface area contributed by atoms with Crippen molar-refractivity contribution in [2.45, 2.75) is 26.0 Å². The van der Waals surface area contributed by atoms with Crippen LogP contribution in [-0.2, 0) is 0 Å². The number of aliphatic hydroxyl groups is 1. The monoisotopic (exact) mass is 145 g/mol. The third-order valence-electron chi connectivity index (χ3n) is 1.18. The first-order valence-corrected chi connectivity index (χ1v) is 4.06. The lowest BCUT2D eigenvalue weighted by atomic mass is 10.3. The molecule has 0 bridgehead atoms. The second kappa shape index (κ2) is 2.31. The van der Waals surface area contributed by atoms with Crippen molar-refractivity contribution in [3.8, 4) is 0 Å². The normalized spacial score (nSPS) is 34.8. The SMILES string of the molecule is CCC1=NC(C)(O)CS1. The molecule has 0 fully saturated rings. The number of rotatable bonds is 1. The van der Waals surface area contributed by atoms with Crippen molar-refractivity contribution in [1.29, 1.82) is 0 Å². The second-order valence-corrected chi connectivity index (χ2v) is 3.41. The molecule has 1 heterocycles. The molecule has 0 saturated carbocycles. The Hall–Kier alpha value is -0.0200. The van der Waals surface area contributed by atoms with Gasteiger partial charge in [-0.05, 0) is 13.3 Å². The summed E-state index contributed by atoms with van der Waals surface area (Å²) < 4.78 is 0. The van der Waals surface area contributed by atoms with Crippen molar-refractivity contribution in [2.24, 2.45) is 4.99 Å². The molecule has 0 spiro atoms. The Bertz CT molecular complexity index is 142. The van der Waals surface area contributed by atoms with E-state index < -0.39 is 5.72 Å². The maximum atomic E-state index is 9.29. The van der Waals surface area contributed by atoms with Gasteiger partial charge in [0, 0.05) is 5.75 Å². The molecule has 1 atom stereocenters. The molecular weight excluding hydrogens is 134 g/mol. The van der Waals surface area contributed by atoms with Crippen LogP contribution in [0.1, 0.15) is 20.3 Å². The molecule has 1 N–H and O–H groups in total. The van der Waals surface area contributed by atoms with Gasteiger partial charge in [0.05, 0.1) is 5.04 Å². The van der Waals surface area contributed by atoms with E-state index in [0.29, 0.717) is 0 Å². The summed E-state index contributed by atoms with van der Waals surface area (Å²) in [5.74, 6) is 0.718. The summed E-state index contributed by atoms with van der Waals surface area (Å²) in [6.07, 6.45) is 0.945. The quantitative estimate of drug-likeness (QED) is 0.602. The molecular formula is C6H11NOS. The summed E-state index contributed by atoms with van der Waals surface area (Å²) >= 11 is 1.65. The summed E-state index contributed by atoms with van der Waals surface area (Å²) in [5, 5.41) is 10.4. The van der Waals surface area contributed by atoms with E-state index in [0.717, 1.165) is 17.2 Å². The van der Waals surface area contributed by atoms with Crippen LogP contribution >= 0.6 is 11.8 Å². The Morgan fingerprint density at radius 1 is 1.89 bits per heavy atom. The molecule has 1 aliphatic heterocycles. The van der Waals surface area contributed by atoms with Gasteiger partial charge in [0.2, 0.25) is 0 Å². The number of hydrogen-bond donors (Lipinski definition) is 1. The molecule has 9 heavy (non-hydrogen) atoms. The maximum Gasteiger partial charge on any atom is 0.163 e. The van der Waals surface area contributed by atoms with Gasteiger partial charge in [-0.1, -0.05) is 6.92 Å². The van der Waals surface area contributed by atoms with E-state index in [9.17, 15) is 5.11 Å². The van der Waals surface area contributed by atoms with Crippen LogP contribution < -0.4 is 0 Å². The average molecular weight is 145 g/mol. The highest BCUT2D eigenvalue weighted by molar-refractivity contribution is 8.14. The van der Waals surface area contributed by atoms with E-state index in [-0.39, 0.29) is 0 Å². The molecule has 1 rings (SSSR count). The third-order valence-corrected chi connectivity index (χ3v) is 2.58. The zero-order valence-corrected chi connectivity index (χ0v) is 6.53. The lowest BCUT2D eigenvalue weighted by Gasteiger charge is -2.08. The number of nitrogens with zero attached hydrogens (tertiary/aromatic N) is 1. The molecule has 0 amide bonds. The Kier molecular flexibility index (Phi) is 1.82. The van der Waals surface area contributed by atoms with E-state index in [1.807, 2.05) is 6.92 Å². The number of hydrogen-bond acceptors (Lipinski definition) is 3. The summed E-state index contributed by atoms with van der Waals surface area (Å²) in [5.41, 5.74) is -0.782. The highest BCUT2D eigenvalue weighted by Gasteiger charge is 2.25. The van der Waals surface area contributed by atoms with Crippen LogP contribution in [0.4, 0.5) is 0 Å². The van der Waals surface area contributed by atoms with Crippen molar-refractivity contribution >= 4 is 16.8 Å². The fourth-order valence-corrected chi connectivity index (χ4v) is 1.70. The molecule has 0 radical (unpaired) electrons. The van der Waals surface area contributed by atoms with E-state index in [2.05, 4.69) is 4.99 Å². The van der Waals surface area contributed by atoms with Gasteiger partial charge >= 0.3 is 0 Å². The molecule has 0 saturated heterocycles. The largest absolute Gasteiger partial charge is 0.369 e. The first kappa shape index (κ1) is 7.09. The summed E-state index contributed by atoms with van der Waals surface area (Å²) in [6, 6.07) is 0. The van der Waals surface area contributed by atoms with E-state index >= 15 is 0 Å². The fourth-order valence-electron chi connectivity index (χ4n) is 0.734. The van der Waals surface area contributed by atoms with Crippen molar-refractivity contribution < 1.29 is 5.11 Å². The van der Waals surface area contributed by atoms with Gasteiger partial charge in [-0.15, -0.1) is 11.8 Å². The van der Waals surface area contributed by atoms with Gasteiger partial charge in [0.15, 0.2) is 5.72 Å². The van der Waals surface area contributed by atoms with Gasteiger partial charge in [-0.3, -0.25) is 0 Å². The van der Waals surface area contributed by atoms with Crippen LogP contribution in [0.5, 0.6) is 0 Å². The Morgan fingerprint density at radius 2 is 2.56 bits per heavy atom. The molecule has 2 nitrogen and oxygen atoms in total. The minimum atomic E-state index is -0.782. The van der Waals surface area contributed by atoms with Gasteiger partial charge in [-0.25, -0.2) is 4.99 Å². The van der Waals surface area contributed by atoms with Gasteiger partial charge in [-0.2, -0.15) is 0 Å². The van der Waals surface area contributed by atoms with Crippen LogP contribution in [0, 0.1) is 0 Å². The van der Waals surface area contributed by atoms with E-state index in [1.54, 1.807) is 18.7 Å². The summed E-state index contributed by atoms with van der Waals surface area (Å²) in [7, 11) is 0. The van der Waals surface area contributed by atoms with Gasteiger partial charge < -0.3 is 5.11 Å². The summed E-state index contributed by atoms with van der Waals surface area (Å²) in [4.78, 5) is 4.07. The lowest BCUT2D eigenvalue weighted by molar-refractivity contribution is 0.0987. The maximum absolute atomic E-state index is 9.29. The predicted octanol–water partition coefficient (Wildman–Crippen LogP) is 1.25. The second-order valence-electron chi connectivity index (χ2n) is 2.36. The number of thioether (sulfide) groups is 1. The molecule has 0 aromatic rings. The predicted molar refractivity (Wildman–Crippen MR) is 40.8 cm³/mol. The Morgan fingerprint density at radius 3 is 2.78 bits per heavy atom. The van der Waals surface area contributed by atoms with Crippen LogP contribution in [0.3, 0.4) is 0 Å². The van der Waals surface area contributed by atoms with Crippen LogP contribution in [0.15, 0.2) is 4.99 Å². The molecule has 0 aromatic carbocycles. The van der Waals surface area contributed by atoms with Crippen LogP contribution in [-0.4, -0.2) is 21.6 Å². The molecule has 3 heteroatoms. The first-order valence-electron chi connectivity index (χ1n) is 3.08. The molecule has 52 valence electrons. The van der Waals surface area contributed by atoms with Crippen molar-refractivity contribution in [3.05, 3.63) is 0 Å². The fraction of sp³-hybridized carbons (Fsp3) is 0.833. The standard InChI is InChI=1S/C6H11NOS/c1-3-5-7-6(2,8)4-9-5/h8H,3-4H2,1-2H3. The molecule has 1 aliphatic rings. The van der Waals surface area contributed by atoms with Crippen molar-refractivity contribution in [3.63, 3.8) is 0 Å². The van der Waals surface area contributed by atoms with Crippen LogP contribution in [0.25, 0.3) is 0 Å². The first-order chi connectivity index (χ1) is 4.14. The van der Waals surface area contributed by atoms with E-state index in [4.69, 9.17) is 0 Å². The third kappa shape index (κ3) is 1.69. The topological polar surface area (TPSA) is 32.6 Å². The minimum absolute atomic E-state index is 0.718. The van der Waals surface area contributed by atoms with Crippen molar-refractivity contribution in [1.82, 2.24) is 0 Å². The van der Waals surface area contributed by atoms with Gasteiger partial charge in [0.1, 0.15) is 0 Å². The highest BCUT2D eigenvalue weighted by atomic mass is 32.2. The van der Waals surface area contributed by atoms with Crippen LogP contribution in [0.2, 0.25) is 0 Å². The highest BCUT2D eigenvalue weighted by Crippen LogP contribution is 2.26. The zero-order chi connectivity index (χ0) is 6.91. The summed E-state index contributed by atoms with van der Waals surface area (Å²) in [6.45, 7) is 3.79. The zero-order valence-electron chi connectivity index (χ0n) is 5.72. The van der Waals surface area contributed by atoms with Crippen molar-refractivity contribution in [2.75, 3.05) is 5.75 Å². The lowest BCUT2D eigenvalue weighted by Crippen LogP contribution is -2.19. The average Bonchev–Trinajstić information content (AvgIpc) is 2.10. The smallest absolute Gasteiger partial charge is 0.163 e. The molecule has 1 unspecified atom stereocenters. The molecule has 0 aromatic heterocycles. The van der Waals surface area contributed by atoms with Gasteiger partial charge in [0.25, 0.3) is 0 Å². The van der Waals surface area contributed by atoms with E-state index in [1.165, 1.54) is 0 Å². The molecule has 0 aliphatic carbocycles. The Labute approximate surface area is 59.4 Å². The minimum Gasteiger partial charge on any atom is -0.369 e.